The van der Waals surface area contributed by atoms with Gasteiger partial charge in [-0.05, 0) is 88.5 Å². The van der Waals surface area contributed by atoms with Crippen LogP contribution in [0.1, 0.15) is 0 Å². The second-order valence-corrected chi connectivity index (χ2v) is 12.9. The first-order chi connectivity index (χ1) is 25.3. The molecule has 0 saturated heterocycles. The maximum atomic E-state index is 6.88. The molecule has 0 atom stereocenters. The molecule has 0 N–H and O–H groups in total. The van der Waals surface area contributed by atoms with Crippen LogP contribution in [0.15, 0.2) is 197 Å². The molecule has 0 amide bonds. The summed E-state index contributed by atoms with van der Waals surface area (Å²) in [6.45, 7) is 0. The van der Waals surface area contributed by atoms with Gasteiger partial charge in [0.05, 0.1) is 0 Å². The molecule has 0 bridgehead atoms. The second-order valence-electron chi connectivity index (χ2n) is 12.9. The van der Waals surface area contributed by atoms with E-state index in [0.717, 1.165) is 83.2 Å². The van der Waals surface area contributed by atoms with Crippen LogP contribution in [0.25, 0.3) is 77.3 Å². The molecule has 3 heteroatoms. The predicted molar refractivity (Wildman–Crippen MR) is 212 cm³/mol. The summed E-state index contributed by atoms with van der Waals surface area (Å²) >= 11 is 0. The van der Waals surface area contributed by atoms with Gasteiger partial charge in [0.15, 0.2) is 0 Å². The van der Waals surface area contributed by atoms with E-state index in [0.29, 0.717) is 0 Å². The van der Waals surface area contributed by atoms with Gasteiger partial charge in [0.1, 0.15) is 22.3 Å². The first-order valence-electron chi connectivity index (χ1n) is 17.3. The fourth-order valence-corrected chi connectivity index (χ4v) is 7.51. The molecule has 8 aromatic carbocycles. The van der Waals surface area contributed by atoms with Crippen molar-refractivity contribution in [3.05, 3.63) is 188 Å². The van der Waals surface area contributed by atoms with Gasteiger partial charge in [0.25, 0.3) is 0 Å². The maximum absolute atomic E-state index is 6.88. The molecule has 2 heterocycles. The summed E-state index contributed by atoms with van der Waals surface area (Å²) in [4.78, 5) is 2.28. The van der Waals surface area contributed by atoms with Crippen molar-refractivity contribution in [3.63, 3.8) is 0 Å². The van der Waals surface area contributed by atoms with E-state index in [4.69, 9.17) is 8.83 Å². The van der Waals surface area contributed by atoms with E-state index in [-0.39, 0.29) is 0 Å². The SMILES string of the molecule is c1ccc(-c2ccc(-c3ccc(-c4ccc(N(c5ccccc5)c5ccccc5)cc4)c4oc5ccc6oc7ccccc7c6c5c34)cc2)cc1. The van der Waals surface area contributed by atoms with Gasteiger partial charge in [-0.15, -0.1) is 0 Å². The molecule has 51 heavy (non-hydrogen) atoms. The van der Waals surface area contributed by atoms with E-state index < -0.39 is 0 Å². The van der Waals surface area contributed by atoms with Crippen molar-refractivity contribution in [1.29, 1.82) is 0 Å². The van der Waals surface area contributed by atoms with Crippen molar-refractivity contribution in [2.75, 3.05) is 4.90 Å². The molecule has 0 spiro atoms. The molecule has 0 unspecified atom stereocenters. The van der Waals surface area contributed by atoms with Crippen LogP contribution in [0.2, 0.25) is 0 Å². The van der Waals surface area contributed by atoms with Crippen LogP contribution in [-0.2, 0) is 0 Å². The minimum atomic E-state index is 0.842. The minimum Gasteiger partial charge on any atom is -0.456 e. The maximum Gasteiger partial charge on any atom is 0.143 e. The zero-order valence-corrected chi connectivity index (χ0v) is 27.7. The molecular formula is C48H31NO2. The Kier molecular flexibility index (Phi) is 6.81. The van der Waals surface area contributed by atoms with Crippen LogP contribution in [0.5, 0.6) is 0 Å². The van der Waals surface area contributed by atoms with Crippen LogP contribution < -0.4 is 4.90 Å². The lowest BCUT2D eigenvalue weighted by Crippen LogP contribution is -2.09. The normalized spacial score (nSPS) is 11.5. The van der Waals surface area contributed by atoms with Gasteiger partial charge < -0.3 is 13.7 Å². The molecule has 0 radical (unpaired) electrons. The second kappa shape index (κ2) is 11.9. The highest BCUT2D eigenvalue weighted by Gasteiger charge is 2.22. The molecule has 0 aliphatic heterocycles. The van der Waals surface area contributed by atoms with Crippen molar-refractivity contribution in [1.82, 2.24) is 0 Å². The lowest BCUT2D eigenvalue weighted by molar-refractivity contribution is 0.663. The van der Waals surface area contributed by atoms with Crippen LogP contribution in [0.3, 0.4) is 0 Å². The number of furan rings is 2. The molecule has 2 aromatic heterocycles. The molecule has 10 aromatic rings. The monoisotopic (exact) mass is 653 g/mol. The van der Waals surface area contributed by atoms with Crippen LogP contribution in [0.4, 0.5) is 17.1 Å². The third-order valence-corrected chi connectivity index (χ3v) is 9.89. The number of benzene rings is 8. The van der Waals surface area contributed by atoms with Gasteiger partial charge in [0.2, 0.25) is 0 Å². The van der Waals surface area contributed by atoms with Crippen LogP contribution in [0, 0.1) is 0 Å². The van der Waals surface area contributed by atoms with Gasteiger partial charge in [-0.3, -0.25) is 0 Å². The highest BCUT2D eigenvalue weighted by atomic mass is 16.3. The van der Waals surface area contributed by atoms with Gasteiger partial charge in [-0.1, -0.05) is 127 Å². The Morgan fingerprint density at radius 3 is 1.47 bits per heavy atom. The van der Waals surface area contributed by atoms with Crippen molar-refractivity contribution >= 4 is 60.9 Å². The number of nitrogens with zero attached hydrogens (tertiary/aromatic N) is 1. The number of para-hydroxylation sites is 3. The third-order valence-electron chi connectivity index (χ3n) is 9.89. The molecule has 3 nitrogen and oxygen atoms in total. The first-order valence-corrected chi connectivity index (χ1v) is 17.3. The molecule has 10 rings (SSSR count). The average molecular weight is 654 g/mol. The summed E-state index contributed by atoms with van der Waals surface area (Å²) in [7, 11) is 0. The Morgan fingerprint density at radius 1 is 0.294 bits per heavy atom. The largest absolute Gasteiger partial charge is 0.456 e. The van der Waals surface area contributed by atoms with Gasteiger partial charge in [-0.25, -0.2) is 0 Å². The van der Waals surface area contributed by atoms with Crippen LogP contribution >= 0.6 is 0 Å². The minimum absolute atomic E-state index is 0.842. The third kappa shape index (κ3) is 4.90. The van der Waals surface area contributed by atoms with Gasteiger partial charge in [-0.2, -0.15) is 0 Å². The number of anilines is 3. The Labute approximate surface area is 295 Å². The zero-order valence-electron chi connectivity index (χ0n) is 27.7. The summed E-state index contributed by atoms with van der Waals surface area (Å²) in [5.74, 6) is 0. The Morgan fingerprint density at radius 2 is 0.784 bits per heavy atom. The van der Waals surface area contributed by atoms with E-state index in [1.54, 1.807) is 0 Å². The molecular weight excluding hydrogens is 623 g/mol. The van der Waals surface area contributed by atoms with Gasteiger partial charge in [0, 0.05) is 44.2 Å². The molecule has 240 valence electrons. The van der Waals surface area contributed by atoms with Crippen molar-refractivity contribution in [2.45, 2.75) is 0 Å². The standard InChI is InChI=1S/C48H31NO2/c1-4-12-32(13-5-1)33-20-22-34(23-21-33)39-28-29-40(48-46(39)47-44(51-48)31-30-43-45(47)41-18-10-11-19-42(41)50-43)35-24-26-38(27-25-35)49(36-14-6-2-7-15-36)37-16-8-3-9-17-37/h1-31H. The smallest absolute Gasteiger partial charge is 0.143 e. The summed E-state index contributed by atoms with van der Waals surface area (Å²) < 4.78 is 13.3. The van der Waals surface area contributed by atoms with E-state index in [1.165, 1.54) is 11.1 Å². The van der Waals surface area contributed by atoms with Gasteiger partial charge >= 0.3 is 0 Å². The van der Waals surface area contributed by atoms with Crippen molar-refractivity contribution in [3.8, 4) is 33.4 Å². The summed E-state index contributed by atoms with van der Waals surface area (Å²) in [6.07, 6.45) is 0. The Hall–Kier alpha value is -6.84. The Bertz CT molecular complexity index is 2780. The number of rotatable bonds is 6. The number of hydrogen-bond acceptors (Lipinski definition) is 3. The fraction of sp³-hybridized carbons (Fsp3) is 0. The molecule has 0 aliphatic rings. The molecule has 0 saturated carbocycles. The molecule has 0 aliphatic carbocycles. The van der Waals surface area contributed by atoms with Crippen molar-refractivity contribution < 1.29 is 8.83 Å². The van der Waals surface area contributed by atoms with E-state index in [2.05, 4.69) is 169 Å². The Balaban J connectivity index is 1.17. The summed E-state index contributed by atoms with van der Waals surface area (Å²) in [6, 6.07) is 66.0. The quantitative estimate of drug-likeness (QED) is 0.179. The topological polar surface area (TPSA) is 29.5 Å². The fourth-order valence-electron chi connectivity index (χ4n) is 7.51. The lowest BCUT2D eigenvalue weighted by atomic mass is 9.92. The summed E-state index contributed by atoms with van der Waals surface area (Å²) in [5.41, 5.74) is 13.5. The highest BCUT2D eigenvalue weighted by molar-refractivity contribution is 6.29. The first kappa shape index (κ1) is 29.1. The highest BCUT2D eigenvalue weighted by Crippen LogP contribution is 2.47. The number of hydrogen-bond donors (Lipinski definition) is 0. The molecule has 0 fully saturated rings. The van der Waals surface area contributed by atoms with Crippen molar-refractivity contribution in [2.24, 2.45) is 0 Å². The zero-order chi connectivity index (χ0) is 33.7. The van der Waals surface area contributed by atoms with E-state index in [9.17, 15) is 0 Å². The van der Waals surface area contributed by atoms with E-state index in [1.807, 2.05) is 24.3 Å². The summed E-state index contributed by atoms with van der Waals surface area (Å²) in [5, 5.41) is 4.33. The average Bonchev–Trinajstić information content (AvgIpc) is 3.78. The predicted octanol–water partition coefficient (Wildman–Crippen LogP) is 14.0. The number of fused-ring (bicyclic) bond motifs is 7. The lowest BCUT2D eigenvalue weighted by Gasteiger charge is -2.25. The van der Waals surface area contributed by atoms with Crippen LogP contribution in [-0.4, -0.2) is 0 Å². The van der Waals surface area contributed by atoms with E-state index >= 15 is 0 Å².